The highest BCUT2D eigenvalue weighted by molar-refractivity contribution is 5.66. The van der Waals surface area contributed by atoms with Crippen LogP contribution >= 0.6 is 0 Å². The molecule has 0 heterocycles. The van der Waals surface area contributed by atoms with E-state index < -0.39 is 0 Å². The first-order chi connectivity index (χ1) is 11.3. The van der Waals surface area contributed by atoms with Gasteiger partial charge in [0.1, 0.15) is 6.10 Å². The van der Waals surface area contributed by atoms with Gasteiger partial charge in [-0.05, 0) is 73.5 Å². The van der Waals surface area contributed by atoms with Gasteiger partial charge in [-0.2, -0.15) is 0 Å². The number of ether oxygens (including phenoxy) is 1. The zero-order valence-corrected chi connectivity index (χ0v) is 15.6. The van der Waals surface area contributed by atoms with Crippen LogP contribution in [0.1, 0.15) is 72.1 Å². The predicted octanol–water partition coefficient (Wildman–Crippen LogP) is 5.44. The number of allylic oxidation sites excluding steroid dienone is 2. The highest BCUT2D eigenvalue weighted by Gasteiger charge is 2.56. The zero-order valence-electron chi connectivity index (χ0n) is 15.6. The molecule has 0 aromatic carbocycles. The van der Waals surface area contributed by atoms with Crippen molar-refractivity contribution in [2.45, 2.75) is 78.2 Å². The molecule has 0 spiro atoms. The largest absolute Gasteiger partial charge is 0.462 e. The van der Waals surface area contributed by atoms with Gasteiger partial charge in [-0.1, -0.05) is 37.6 Å². The second-order valence-electron chi connectivity index (χ2n) is 9.33. The quantitative estimate of drug-likeness (QED) is 0.473. The SMILES string of the molecule is C=C1CCC2C3CC=C4CC(OC(C)=O)CCC4(C)C3CCC12C. The lowest BCUT2D eigenvalue weighted by Crippen LogP contribution is -2.49. The molecule has 2 heteroatoms. The Hall–Kier alpha value is -1.05. The molecule has 0 bridgehead atoms. The normalized spacial score (nSPS) is 47.3. The van der Waals surface area contributed by atoms with Crippen molar-refractivity contribution in [3.05, 3.63) is 23.8 Å². The Labute approximate surface area is 146 Å². The summed E-state index contributed by atoms with van der Waals surface area (Å²) in [7, 11) is 0. The lowest BCUT2D eigenvalue weighted by Gasteiger charge is -2.57. The van der Waals surface area contributed by atoms with Crippen molar-refractivity contribution < 1.29 is 9.53 Å². The molecule has 6 atom stereocenters. The van der Waals surface area contributed by atoms with Gasteiger partial charge in [0.05, 0.1) is 0 Å². The monoisotopic (exact) mass is 328 g/mol. The summed E-state index contributed by atoms with van der Waals surface area (Å²) in [5.74, 6) is 2.36. The maximum Gasteiger partial charge on any atom is 0.302 e. The van der Waals surface area contributed by atoms with Gasteiger partial charge >= 0.3 is 5.97 Å². The second kappa shape index (κ2) is 5.47. The Kier molecular flexibility index (Phi) is 3.75. The van der Waals surface area contributed by atoms with Crippen molar-refractivity contribution in [2.75, 3.05) is 0 Å². The van der Waals surface area contributed by atoms with Crippen LogP contribution in [0.25, 0.3) is 0 Å². The number of carbonyl (C=O) groups excluding carboxylic acids is 1. The van der Waals surface area contributed by atoms with Crippen LogP contribution in [0, 0.1) is 28.6 Å². The highest BCUT2D eigenvalue weighted by atomic mass is 16.5. The van der Waals surface area contributed by atoms with Crippen LogP contribution in [0.5, 0.6) is 0 Å². The summed E-state index contributed by atoms with van der Waals surface area (Å²) in [5.41, 5.74) is 3.84. The molecule has 2 nitrogen and oxygen atoms in total. The third-order valence-electron chi connectivity index (χ3n) is 8.35. The molecule has 6 unspecified atom stereocenters. The van der Waals surface area contributed by atoms with E-state index in [2.05, 4.69) is 26.5 Å². The molecule has 0 saturated heterocycles. The van der Waals surface area contributed by atoms with Crippen molar-refractivity contribution in [3.8, 4) is 0 Å². The molecule has 4 rings (SSSR count). The van der Waals surface area contributed by atoms with E-state index in [1.54, 1.807) is 5.57 Å². The maximum absolute atomic E-state index is 11.3. The van der Waals surface area contributed by atoms with Crippen molar-refractivity contribution in [3.63, 3.8) is 0 Å². The molecule has 0 amide bonds. The maximum atomic E-state index is 11.3. The molecule has 3 saturated carbocycles. The van der Waals surface area contributed by atoms with Crippen molar-refractivity contribution in [2.24, 2.45) is 28.6 Å². The first kappa shape index (κ1) is 16.4. The summed E-state index contributed by atoms with van der Waals surface area (Å²) in [4.78, 5) is 11.3. The van der Waals surface area contributed by atoms with Crippen LogP contribution in [-0.4, -0.2) is 12.1 Å². The van der Waals surface area contributed by atoms with Gasteiger partial charge in [0.25, 0.3) is 0 Å². The molecule has 132 valence electrons. The van der Waals surface area contributed by atoms with Crippen molar-refractivity contribution in [1.82, 2.24) is 0 Å². The Balaban J connectivity index is 1.60. The summed E-state index contributed by atoms with van der Waals surface area (Å²) < 4.78 is 5.53. The molecule has 24 heavy (non-hydrogen) atoms. The molecule has 4 aliphatic rings. The Morgan fingerprint density at radius 2 is 1.88 bits per heavy atom. The topological polar surface area (TPSA) is 26.3 Å². The van der Waals surface area contributed by atoms with Crippen LogP contribution < -0.4 is 0 Å². The van der Waals surface area contributed by atoms with Gasteiger partial charge in [0, 0.05) is 13.3 Å². The van der Waals surface area contributed by atoms with Crippen molar-refractivity contribution in [1.29, 1.82) is 0 Å². The van der Waals surface area contributed by atoms with Gasteiger partial charge in [-0.15, -0.1) is 0 Å². The minimum absolute atomic E-state index is 0.110. The molecular formula is C22H32O2. The van der Waals surface area contributed by atoms with Crippen LogP contribution in [0.2, 0.25) is 0 Å². The number of fused-ring (bicyclic) bond motifs is 5. The number of carbonyl (C=O) groups is 1. The minimum Gasteiger partial charge on any atom is -0.462 e. The molecule has 4 aliphatic carbocycles. The average Bonchev–Trinajstić information content (AvgIpc) is 2.83. The number of hydrogen-bond donors (Lipinski definition) is 0. The van der Waals surface area contributed by atoms with Crippen molar-refractivity contribution >= 4 is 5.97 Å². The van der Waals surface area contributed by atoms with Gasteiger partial charge in [0.2, 0.25) is 0 Å². The summed E-state index contributed by atoms with van der Waals surface area (Å²) in [6, 6.07) is 0. The summed E-state index contributed by atoms with van der Waals surface area (Å²) >= 11 is 0. The number of rotatable bonds is 1. The van der Waals surface area contributed by atoms with Gasteiger partial charge in [-0.25, -0.2) is 0 Å². The highest BCUT2D eigenvalue weighted by Crippen LogP contribution is 2.65. The van der Waals surface area contributed by atoms with E-state index in [4.69, 9.17) is 4.74 Å². The molecule has 0 aliphatic heterocycles. The predicted molar refractivity (Wildman–Crippen MR) is 96.4 cm³/mol. The Morgan fingerprint density at radius 3 is 2.62 bits per heavy atom. The van der Waals surface area contributed by atoms with E-state index in [1.165, 1.54) is 51.0 Å². The van der Waals surface area contributed by atoms with Crippen LogP contribution in [0.4, 0.5) is 0 Å². The fraction of sp³-hybridized carbons (Fsp3) is 0.773. The van der Waals surface area contributed by atoms with E-state index in [0.29, 0.717) is 10.8 Å². The minimum atomic E-state index is -0.129. The van der Waals surface area contributed by atoms with Crippen LogP contribution in [-0.2, 0) is 9.53 Å². The molecule has 0 radical (unpaired) electrons. The molecular weight excluding hydrogens is 296 g/mol. The number of esters is 1. The van der Waals surface area contributed by atoms with Gasteiger partial charge < -0.3 is 4.74 Å². The smallest absolute Gasteiger partial charge is 0.302 e. The van der Waals surface area contributed by atoms with E-state index in [0.717, 1.165) is 30.6 Å². The van der Waals surface area contributed by atoms with E-state index in [-0.39, 0.29) is 12.1 Å². The Morgan fingerprint density at radius 1 is 1.17 bits per heavy atom. The third-order valence-corrected chi connectivity index (χ3v) is 8.35. The van der Waals surface area contributed by atoms with Crippen LogP contribution in [0.3, 0.4) is 0 Å². The Bertz CT molecular complexity index is 603. The summed E-state index contributed by atoms with van der Waals surface area (Å²) in [6.45, 7) is 11.0. The lowest BCUT2D eigenvalue weighted by atomic mass is 9.48. The standard InChI is InChI=1S/C22H32O2/c1-14-5-8-19-18-7-6-16-13-17(24-15(2)23)9-11-22(16,4)20(18)10-12-21(14,19)3/h6,17-20H,1,5,7-13H2,2-4H3. The van der Waals surface area contributed by atoms with Crippen LogP contribution in [0.15, 0.2) is 23.8 Å². The molecule has 0 aromatic heterocycles. The summed E-state index contributed by atoms with van der Waals surface area (Å²) in [5, 5.41) is 0. The fourth-order valence-electron chi connectivity index (χ4n) is 6.87. The second-order valence-corrected chi connectivity index (χ2v) is 9.33. The third kappa shape index (κ3) is 2.24. The fourth-order valence-corrected chi connectivity index (χ4v) is 6.87. The lowest BCUT2D eigenvalue weighted by molar-refractivity contribution is -0.148. The van der Waals surface area contributed by atoms with E-state index in [1.807, 2.05) is 0 Å². The number of hydrogen-bond acceptors (Lipinski definition) is 2. The summed E-state index contributed by atoms with van der Waals surface area (Å²) in [6.07, 6.45) is 12.3. The van der Waals surface area contributed by atoms with Gasteiger partial charge in [0.15, 0.2) is 0 Å². The average molecular weight is 328 g/mol. The molecule has 3 fully saturated rings. The molecule has 0 N–H and O–H groups in total. The van der Waals surface area contributed by atoms with E-state index >= 15 is 0 Å². The zero-order chi connectivity index (χ0) is 17.1. The first-order valence-corrected chi connectivity index (χ1v) is 9.89. The van der Waals surface area contributed by atoms with Gasteiger partial charge in [-0.3, -0.25) is 4.79 Å². The molecule has 0 aromatic rings. The van der Waals surface area contributed by atoms with E-state index in [9.17, 15) is 4.79 Å². The first-order valence-electron chi connectivity index (χ1n) is 9.89.